The summed E-state index contributed by atoms with van der Waals surface area (Å²) in [5, 5.41) is 9.16. The van der Waals surface area contributed by atoms with Gasteiger partial charge in [0, 0.05) is 50.8 Å². The Balaban J connectivity index is 1.63. The van der Waals surface area contributed by atoms with Crippen LogP contribution >= 0.6 is 10.8 Å². The van der Waals surface area contributed by atoms with Crippen LogP contribution in [0.15, 0.2) is 18.3 Å². The van der Waals surface area contributed by atoms with Crippen LogP contribution in [0.3, 0.4) is 0 Å². The minimum absolute atomic E-state index is 0.0177. The molecule has 0 bridgehead atoms. The van der Waals surface area contributed by atoms with E-state index in [4.69, 9.17) is 9.94 Å². The fourth-order valence-corrected chi connectivity index (χ4v) is 6.19. The molecular formula is C18H26F3N3O6S. The molecule has 0 unspecified atom stereocenters. The highest BCUT2D eigenvalue weighted by molar-refractivity contribution is 8.24. The molecule has 2 aliphatic rings. The molecule has 9 nitrogen and oxygen atoms in total. The van der Waals surface area contributed by atoms with Crippen LogP contribution in [0.1, 0.15) is 37.3 Å². The summed E-state index contributed by atoms with van der Waals surface area (Å²) in [5.41, 5.74) is 2.24. The van der Waals surface area contributed by atoms with Crippen LogP contribution in [0.4, 0.5) is 13.2 Å². The molecule has 0 aromatic carbocycles. The van der Waals surface area contributed by atoms with E-state index in [-0.39, 0.29) is 50.8 Å². The number of nitrogens with one attached hydrogen (secondary N) is 1. The van der Waals surface area contributed by atoms with Crippen molar-refractivity contribution in [3.05, 3.63) is 24.0 Å². The number of pyridine rings is 1. The highest BCUT2D eigenvalue weighted by atomic mass is 32.3. The maximum Gasteiger partial charge on any atom is 0.422 e. The van der Waals surface area contributed by atoms with E-state index < -0.39 is 34.2 Å². The summed E-state index contributed by atoms with van der Waals surface area (Å²) >= 11 is 0. The molecule has 31 heavy (non-hydrogen) atoms. The zero-order chi connectivity index (χ0) is 22.7. The predicted octanol–water partition coefficient (Wildman–Crippen LogP) is 2.92. The third-order valence-corrected chi connectivity index (χ3v) is 8.46. The fraction of sp³-hybridized carbons (Fsp3) is 0.667. The number of piperidine rings is 1. The minimum atomic E-state index is -4.43. The first-order valence-electron chi connectivity index (χ1n) is 9.80. The lowest BCUT2D eigenvalue weighted by Gasteiger charge is -2.56. The van der Waals surface area contributed by atoms with E-state index in [0.717, 1.165) is 0 Å². The normalized spacial score (nSPS) is 21.5. The number of hydroxylamine groups is 1. The first kappa shape index (κ1) is 24.0. The van der Waals surface area contributed by atoms with Crippen molar-refractivity contribution in [2.45, 2.75) is 42.5 Å². The van der Waals surface area contributed by atoms with E-state index in [2.05, 4.69) is 9.72 Å². The Morgan fingerprint density at radius 3 is 2.45 bits per heavy atom. The van der Waals surface area contributed by atoms with Gasteiger partial charge in [-0.2, -0.15) is 13.2 Å². The second-order valence-electron chi connectivity index (χ2n) is 7.59. The van der Waals surface area contributed by atoms with Gasteiger partial charge >= 0.3 is 6.18 Å². The zero-order valence-corrected chi connectivity index (χ0v) is 17.5. The average molecular weight is 469 g/mol. The lowest BCUT2D eigenvalue weighted by Crippen LogP contribution is -2.57. The minimum Gasteiger partial charge on any atom is -0.483 e. The molecule has 0 radical (unpaired) electrons. The summed E-state index contributed by atoms with van der Waals surface area (Å²) in [4.78, 5) is 16.6. The van der Waals surface area contributed by atoms with Crippen LogP contribution in [0.5, 0.6) is 5.75 Å². The molecule has 0 spiro atoms. The first-order chi connectivity index (χ1) is 14.6. The van der Waals surface area contributed by atoms with Gasteiger partial charge in [-0.3, -0.25) is 24.1 Å². The molecule has 1 amide bonds. The van der Waals surface area contributed by atoms with Crippen molar-refractivity contribution in [2.75, 3.05) is 32.9 Å². The molecular weight excluding hydrogens is 443 g/mol. The van der Waals surface area contributed by atoms with Crippen molar-refractivity contribution in [3.8, 4) is 5.75 Å². The van der Waals surface area contributed by atoms with Gasteiger partial charge in [-0.15, -0.1) is 10.8 Å². The maximum absolute atomic E-state index is 12.4. The second kappa shape index (κ2) is 9.46. The number of nitrogens with zero attached hydrogens (tertiary/aromatic N) is 2. The van der Waals surface area contributed by atoms with E-state index in [9.17, 15) is 27.1 Å². The molecule has 1 aromatic heterocycles. The van der Waals surface area contributed by atoms with Gasteiger partial charge in [0.25, 0.3) is 5.91 Å². The number of hydrogen-bond donors (Lipinski definition) is 4. The Morgan fingerprint density at radius 2 is 1.94 bits per heavy atom. The van der Waals surface area contributed by atoms with E-state index in [1.807, 2.05) is 0 Å². The van der Waals surface area contributed by atoms with Gasteiger partial charge in [-0.25, -0.2) is 9.79 Å². The van der Waals surface area contributed by atoms with E-state index >= 15 is 0 Å². The molecule has 2 aliphatic heterocycles. The molecule has 2 saturated heterocycles. The zero-order valence-electron chi connectivity index (χ0n) is 16.7. The number of ether oxygens (including phenoxy) is 2. The van der Waals surface area contributed by atoms with E-state index in [1.54, 1.807) is 11.5 Å². The topological polar surface area (TPSA) is 124 Å². The molecule has 2 fully saturated rings. The van der Waals surface area contributed by atoms with Crippen LogP contribution in [0, 0.1) is 0 Å². The monoisotopic (exact) mass is 469 g/mol. The average Bonchev–Trinajstić information content (AvgIpc) is 2.77. The van der Waals surface area contributed by atoms with Crippen LogP contribution < -0.4 is 10.2 Å². The Hall–Kier alpha value is -1.64. The molecule has 176 valence electrons. The fourth-order valence-electron chi connectivity index (χ4n) is 3.97. The number of carbonyl (C=O) groups is 1. The highest BCUT2D eigenvalue weighted by Gasteiger charge is 2.54. The molecule has 4 N–H and O–H groups in total. The number of aromatic nitrogens is 1. The van der Waals surface area contributed by atoms with E-state index in [0.29, 0.717) is 18.5 Å². The summed E-state index contributed by atoms with van der Waals surface area (Å²) < 4.78 is 68.7. The molecule has 13 heteroatoms. The van der Waals surface area contributed by atoms with Crippen LogP contribution in [0.2, 0.25) is 0 Å². The SMILES string of the molecule is O=C(NO)C1(S(O)(O)N2CCC(c3ccc(OCC(F)(F)F)cn3)CC2)CCOCC1. The van der Waals surface area contributed by atoms with Crippen molar-refractivity contribution < 1.29 is 41.8 Å². The number of carbonyl (C=O) groups excluding carboxylic acids is 1. The van der Waals surface area contributed by atoms with Gasteiger partial charge in [0.15, 0.2) is 11.4 Å². The molecule has 0 atom stereocenters. The van der Waals surface area contributed by atoms with Crippen molar-refractivity contribution in [1.29, 1.82) is 0 Å². The van der Waals surface area contributed by atoms with Crippen LogP contribution in [-0.2, 0) is 9.53 Å². The summed E-state index contributed by atoms with van der Waals surface area (Å²) in [7, 11) is -3.56. The van der Waals surface area contributed by atoms with Crippen LogP contribution in [0.25, 0.3) is 0 Å². The Morgan fingerprint density at radius 1 is 1.29 bits per heavy atom. The number of hydrogen-bond acceptors (Lipinski definition) is 8. The second-order valence-corrected chi connectivity index (χ2v) is 9.93. The number of alkyl halides is 3. The van der Waals surface area contributed by atoms with Gasteiger partial charge in [-0.05, 0) is 25.0 Å². The number of amides is 1. The van der Waals surface area contributed by atoms with Gasteiger partial charge in [0.05, 0.1) is 6.20 Å². The van der Waals surface area contributed by atoms with E-state index in [1.165, 1.54) is 16.6 Å². The lowest BCUT2D eigenvalue weighted by molar-refractivity contribution is -0.153. The largest absolute Gasteiger partial charge is 0.483 e. The predicted molar refractivity (Wildman–Crippen MR) is 105 cm³/mol. The smallest absolute Gasteiger partial charge is 0.422 e. The molecule has 3 heterocycles. The maximum atomic E-state index is 12.4. The highest BCUT2D eigenvalue weighted by Crippen LogP contribution is 2.60. The third-order valence-electron chi connectivity index (χ3n) is 5.73. The number of halogens is 3. The number of rotatable bonds is 6. The molecule has 3 rings (SSSR count). The molecule has 0 saturated carbocycles. The summed E-state index contributed by atoms with van der Waals surface area (Å²) in [6.45, 7) is -0.484. The Kier molecular flexibility index (Phi) is 7.33. The quantitative estimate of drug-likeness (QED) is 0.370. The Labute approximate surface area is 179 Å². The molecule has 1 aromatic rings. The van der Waals surface area contributed by atoms with Crippen LogP contribution in [-0.4, -0.2) is 73.3 Å². The Bertz CT molecular complexity index is 751. The van der Waals surface area contributed by atoms with Crippen molar-refractivity contribution in [2.24, 2.45) is 0 Å². The van der Waals surface area contributed by atoms with Crippen molar-refractivity contribution in [1.82, 2.24) is 14.8 Å². The summed E-state index contributed by atoms with van der Waals surface area (Å²) in [6, 6.07) is 3.03. The van der Waals surface area contributed by atoms with Crippen molar-refractivity contribution in [3.63, 3.8) is 0 Å². The van der Waals surface area contributed by atoms with Gasteiger partial charge in [-0.1, -0.05) is 0 Å². The summed E-state index contributed by atoms with van der Waals surface area (Å²) in [6.07, 6.45) is -2.02. The van der Waals surface area contributed by atoms with Gasteiger partial charge < -0.3 is 9.47 Å². The third kappa shape index (κ3) is 5.23. The standard InChI is InChI=1S/C18H26F3N3O6S/c19-18(20,21)12-30-14-1-2-15(22-11-14)13-3-7-24(8-4-13)31(27,28)17(16(25)23-26)5-9-29-10-6-17/h1-2,11,13,26-28H,3-10,12H2,(H,23,25). The van der Waals surface area contributed by atoms with Gasteiger partial charge in [0.2, 0.25) is 0 Å². The summed E-state index contributed by atoms with van der Waals surface area (Å²) in [5.74, 6) is -0.848. The molecule has 0 aliphatic carbocycles. The first-order valence-corrected chi connectivity index (χ1v) is 11.3. The van der Waals surface area contributed by atoms with Gasteiger partial charge in [0.1, 0.15) is 5.75 Å². The van der Waals surface area contributed by atoms with Crippen molar-refractivity contribution >= 4 is 16.7 Å². The lowest BCUT2D eigenvalue weighted by atomic mass is 9.94.